The number of benzene rings is 9. The molecule has 5 heterocycles. The molecule has 0 aliphatic carbocycles. The van der Waals surface area contributed by atoms with Gasteiger partial charge in [-0.3, -0.25) is 0 Å². The van der Waals surface area contributed by atoms with E-state index in [1.807, 2.05) is 22.7 Å². The van der Waals surface area contributed by atoms with E-state index < -0.39 is 0 Å². The van der Waals surface area contributed by atoms with Gasteiger partial charge in [0.25, 0.3) is 0 Å². The van der Waals surface area contributed by atoms with Gasteiger partial charge in [0.05, 0.1) is 11.2 Å². The van der Waals surface area contributed by atoms with Crippen LogP contribution in [-0.4, -0.2) is 11.8 Å². The Morgan fingerprint density at radius 3 is 1.94 bits per heavy atom. The van der Waals surface area contributed by atoms with Gasteiger partial charge in [0.1, 0.15) is 11.2 Å². The van der Waals surface area contributed by atoms with Gasteiger partial charge in [-0.2, -0.15) is 0 Å². The molecule has 1 aliphatic rings. The zero-order valence-electron chi connectivity index (χ0n) is 41.5. The van der Waals surface area contributed by atoms with Crippen LogP contribution in [0, 0.1) is 0 Å². The summed E-state index contributed by atoms with van der Waals surface area (Å²) in [6.45, 7) is 13.8. The molecule has 0 unspecified atom stereocenters. The first-order chi connectivity index (χ1) is 34.9. The summed E-state index contributed by atoms with van der Waals surface area (Å²) in [6, 6.07) is 68.2. The average Bonchev–Trinajstić information content (AvgIpc) is 4.13. The first kappa shape index (κ1) is 43.4. The maximum Gasteiger partial charge on any atom is 0.211 e. The van der Waals surface area contributed by atoms with Crippen molar-refractivity contribution in [2.45, 2.75) is 64.7 Å². The topological polar surface area (TPSA) is 30.1 Å². The minimum absolute atomic E-state index is 0.0265. The second kappa shape index (κ2) is 16.1. The summed E-state index contributed by atoms with van der Waals surface area (Å²) in [5, 5.41) is 12.8. The molecule has 0 bridgehead atoms. The van der Waals surface area contributed by atoms with Crippen LogP contribution in [0.15, 0.2) is 186 Å². The third kappa shape index (κ3) is 6.98. The zero-order chi connectivity index (χ0) is 48.6. The summed E-state index contributed by atoms with van der Waals surface area (Å²) in [5.41, 5.74) is 18.2. The Morgan fingerprint density at radius 1 is 0.514 bits per heavy atom. The lowest BCUT2D eigenvalue weighted by molar-refractivity contribution is 0.590. The molecule has 0 amide bonds. The van der Waals surface area contributed by atoms with Gasteiger partial charge in [0, 0.05) is 80.2 Å². The summed E-state index contributed by atoms with van der Waals surface area (Å²) in [5.74, 6) is 0.223. The number of rotatable bonds is 7. The van der Waals surface area contributed by atoms with E-state index in [4.69, 9.17) is 4.42 Å². The van der Waals surface area contributed by atoms with Gasteiger partial charge in [0.2, 0.25) is 7.28 Å². The highest BCUT2D eigenvalue weighted by atomic mass is 32.1. The largest absolute Gasteiger partial charge is 0.456 e. The third-order valence-electron chi connectivity index (χ3n) is 15.5. The summed E-state index contributed by atoms with van der Waals surface area (Å²) < 4.78 is 15.1. The molecule has 348 valence electrons. The van der Waals surface area contributed by atoms with Gasteiger partial charge in [-0.05, 0) is 122 Å². The smallest absolute Gasteiger partial charge is 0.211 e. The van der Waals surface area contributed by atoms with Gasteiger partial charge >= 0.3 is 0 Å². The molecule has 9 aromatic carbocycles. The van der Waals surface area contributed by atoms with Crippen LogP contribution in [0.1, 0.15) is 75.3 Å². The predicted octanol–water partition coefficient (Wildman–Crippen LogP) is 17.3. The van der Waals surface area contributed by atoms with Crippen LogP contribution >= 0.6 is 22.7 Å². The highest BCUT2D eigenvalue weighted by Gasteiger charge is 2.31. The lowest BCUT2D eigenvalue weighted by atomic mass is 9.63. The number of nitrogens with one attached hydrogen (secondary N) is 1. The van der Waals surface area contributed by atoms with E-state index in [0.717, 1.165) is 52.6 Å². The summed E-state index contributed by atoms with van der Waals surface area (Å²) in [7, 11) is 0.838. The number of aromatic nitrogens is 1. The molecule has 14 rings (SSSR count). The molecule has 0 saturated heterocycles. The normalized spacial score (nSPS) is 12.9. The van der Waals surface area contributed by atoms with Crippen molar-refractivity contribution in [1.82, 2.24) is 4.57 Å². The molecule has 6 heteroatoms. The van der Waals surface area contributed by atoms with Crippen molar-refractivity contribution in [3.63, 3.8) is 0 Å². The number of furan rings is 1. The molecule has 3 nitrogen and oxygen atoms in total. The van der Waals surface area contributed by atoms with Crippen molar-refractivity contribution in [2.75, 3.05) is 5.32 Å². The van der Waals surface area contributed by atoms with Gasteiger partial charge in [-0.15, -0.1) is 22.7 Å². The average molecular weight is 965 g/mol. The summed E-state index contributed by atoms with van der Waals surface area (Å²) in [4.78, 5) is 0. The Kier molecular flexibility index (Phi) is 9.69. The highest BCUT2D eigenvalue weighted by Crippen LogP contribution is 2.46. The Hall–Kier alpha value is -7.38. The van der Waals surface area contributed by atoms with Crippen LogP contribution in [0.3, 0.4) is 0 Å². The minimum Gasteiger partial charge on any atom is -0.456 e. The van der Waals surface area contributed by atoms with Crippen molar-refractivity contribution in [1.29, 1.82) is 0 Å². The fourth-order valence-corrected chi connectivity index (χ4v) is 14.1. The van der Waals surface area contributed by atoms with Crippen molar-refractivity contribution in [2.24, 2.45) is 0 Å². The monoisotopic (exact) mass is 964 g/mol. The SMILES string of the molecule is CC(C)(C)c1ccc(Nc2cc3c(cc2-c2ccc4c5cc6sc7ccccc7c6cc5n5c4c2Bc2sc4ccc(C(C)(C)C)cc4c2-5)oc2cc(CC(c4ccccc4)c4ccccc4)ccc23)cc1. The van der Waals surface area contributed by atoms with Gasteiger partial charge in [-0.25, -0.2) is 0 Å². The Bertz CT molecular complexity index is 4270. The van der Waals surface area contributed by atoms with Crippen LogP contribution in [0.25, 0.3) is 90.8 Å². The van der Waals surface area contributed by atoms with Crippen LogP contribution < -0.4 is 15.6 Å². The predicted molar refractivity (Wildman–Crippen MR) is 314 cm³/mol. The maximum atomic E-state index is 7.03. The Morgan fingerprint density at radius 2 is 1.19 bits per heavy atom. The van der Waals surface area contributed by atoms with Crippen LogP contribution in [-0.2, 0) is 17.3 Å². The lowest BCUT2D eigenvalue weighted by Crippen LogP contribution is -2.35. The van der Waals surface area contributed by atoms with Crippen molar-refractivity contribution in [3.05, 3.63) is 210 Å². The third-order valence-corrected chi connectivity index (χ3v) is 17.8. The molecule has 0 saturated carbocycles. The molecular formula is C66H53BN2OS2. The first-order valence-corrected chi connectivity index (χ1v) is 27.0. The van der Waals surface area contributed by atoms with Gasteiger partial charge < -0.3 is 14.3 Å². The summed E-state index contributed by atoms with van der Waals surface area (Å²) in [6.07, 6.45) is 0.867. The van der Waals surface area contributed by atoms with Crippen LogP contribution in [0.5, 0.6) is 0 Å². The second-order valence-corrected chi connectivity index (χ2v) is 24.4. The van der Waals surface area contributed by atoms with Crippen LogP contribution in [0.2, 0.25) is 0 Å². The van der Waals surface area contributed by atoms with E-state index in [2.05, 4.69) is 233 Å². The fourth-order valence-electron chi connectivity index (χ4n) is 11.7. The Labute approximate surface area is 428 Å². The number of anilines is 2. The molecule has 0 spiro atoms. The summed E-state index contributed by atoms with van der Waals surface area (Å²) >= 11 is 3.85. The second-order valence-electron chi connectivity index (χ2n) is 22.2. The molecule has 0 radical (unpaired) electrons. The zero-order valence-corrected chi connectivity index (χ0v) is 43.1. The maximum absolute atomic E-state index is 7.03. The van der Waals surface area contributed by atoms with E-state index in [-0.39, 0.29) is 16.7 Å². The van der Waals surface area contributed by atoms with E-state index in [1.165, 1.54) is 101 Å². The number of fused-ring (bicyclic) bond motifs is 13. The Balaban J connectivity index is 0.990. The molecule has 4 aromatic heterocycles. The minimum atomic E-state index is 0.0265. The molecular weight excluding hydrogens is 912 g/mol. The van der Waals surface area contributed by atoms with E-state index in [0.29, 0.717) is 0 Å². The number of thiophene rings is 2. The molecule has 1 N–H and O–H groups in total. The number of nitrogens with zero attached hydrogens (tertiary/aromatic N) is 1. The molecule has 0 atom stereocenters. The number of hydrogen-bond acceptors (Lipinski definition) is 4. The fraction of sp³-hybridized carbons (Fsp3) is 0.152. The van der Waals surface area contributed by atoms with E-state index in [9.17, 15) is 0 Å². The standard InChI is InChI=1S/C66H53BN2OS2/c1-65(2,3)41-22-25-43(26-23-41)68-54-34-51-44-27-21-38(31-48(39-15-9-7-10-16-39)40-17-11-8-12-18-40)32-56(44)70-57(51)36-49(54)46-28-29-47-50-37-60-52(45-19-13-14-20-58(45)71-60)35-55(50)69-62(47)61(46)67-64-63(69)53-33-42(66(4,5)6)24-30-59(53)72-64/h7-30,32-37,48,67-68H,31H2,1-6H3. The van der Waals surface area contributed by atoms with Gasteiger partial charge in [0.15, 0.2) is 0 Å². The molecule has 72 heavy (non-hydrogen) atoms. The first-order valence-electron chi connectivity index (χ1n) is 25.4. The van der Waals surface area contributed by atoms with E-state index in [1.54, 1.807) is 0 Å². The quantitative estimate of drug-likeness (QED) is 0.161. The van der Waals surface area contributed by atoms with Crippen molar-refractivity contribution in [3.8, 4) is 16.8 Å². The molecule has 13 aromatic rings. The van der Waals surface area contributed by atoms with Crippen molar-refractivity contribution < 1.29 is 4.42 Å². The highest BCUT2D eigenvalue weighted by molar-refractivity contribution is 7.29. The van der Waals surface area contributed by atoms with E-state index >= 15 is 0 Å². The molecule has 0 fully saturated rings. The van der Waals surface area contributed by atoms with Crippen molar-refractivity contribution >= 4 is 126 Å². The number of hydrogen-bond donors (Lipinski definition) is 1. The molecule has 1 aliphatic heterocycles. The van der Waals surface area contributed by atoms with Crippen LogP contribution in [0.4, 0.5) is 11.4 Å². The van der Waals surface area contributed by atoms with Gasteiger partial charge in [-0.1, -0.05) is 163 Å². The lowest BCUT2D eigenvalue weighted by Gasteiger charge is -2.23.